The number of rotatable bonds is 3. The molecule has 0 saturated carbocycles. The molecule has 116 valence electrons. The van der Waals surface area contributed by atoms with Crippen molar-refractivity contribution in [3.63, 3.8) is 0 Å². The summed E-state index contributed by atoms with van der Waals surface area (Å²) in [6, 6.07) is 21.7. The molecule has 1 nitrogen and oxygen atoms in total. The van der Waals surface area contributed by atoms with Gasteiger partial charge in [0.2, 0.25) is 0 Å². The van der Waals surface area contributed by atoms with E-state index in [-0.39, 0.29) is 12.4 Å². The van der Waals surface area contributed by atoms with Crippen LogP contribution >= 0.6 is 7.26 Å². The van der Waals surface area contributed by atoms with E-state index in [0.717, 1.165) is 13.0 Å². The third-order valence-electron chi connectivity index (χ3n) is 4.09. The smallest absolute Gasteiger partial charge is 0.131 e. The van der Waals surface area contributed by atoms with Gasteiger partial charge in [-0.3, -0.25) is 0 Å². The highest BCUT2D eigenvalue weighted by Crippen LogP contribution is 2.55. The number of allylic oxidation sites excluding steroid dienone is 1. The molecular formula is C19H22ClOP. The summed E-state index contributed by atoms with van der Waals surface area (Å²) in [5.41, 5.74) is 0. The van der Waals surface area contributed by atoms with Crippen molar-refractivity contribution >= 4 is 17.9 Å². The molecule has 0 bridgehead atoms. The van der Waals surface area contributed by atoms with Gasteiger partial charge in [0, 0.05) is 6.42 Å². The molecule has 0 atom stereocenters. The van der Waals surface area contributed by atoms with Gasteiger partial charge in [0.1, 0.15) is 29.4 Å². The van der Waals surface area contributed by atoms with Crippen LogP contribution in [0.2, 0.25) is 0 Å². The van der Waals surface area contributed by atoms with Crippen LogP contribution in [-0.4, -0.2) is 13.3 Å². The Hall–Kier alpha value is -1.30. The maximum absolute atomic E-state index is 5.91. The lowest BCUT2D eigenvalue weighted by Gasteiger charge is -2.22. The van der Waals surface area contributed by atoms with E-state index in [0.29, 0.717) is 0 Å². The number of benzene rings is 2. The van der Waals surface area contributed by atoms with E-state index in [9.17, 15) is 0 Å². The summed E-state index contributed by atoms with van der Waals surface area (Å²) in [5, 5.41) is 2.83. The molecule has 2 aromatic rings. The molecule has 1 saturated heterocycles. The van der Waals surface area contributed by atoms with Gasteiger partial charge in [0.15, 0.2) is 0 Å². The van der Waals surface area contributed by atoms with Crippen LogP contribution in [0.15, 0.2) is 72.2 Å². The Morgan fingerprint density at radius 1 is 0.864 bits per heavy atom. The van der Waals surface area contributed by atoms with Gasteiger partial charge >= 0.3 is 0 Å². The summed E-state index contributed by atoms with van der Waals surface area (Å²) in [4.78, 5) is 0. The zero-order valence-corrected chi connectivity index (χ0v) is 14.6. The van der Waals surface area contributed by atoms with Gasteiger partial charge in [0.05, 0.1) is 13.3 Å². The van der Waals surface area contributed by atoms with Crippen LogP contribution in [0.3, 0.4) is 0 Å². The van der Waals surface area contributed by atoms with Crippen LogP contribution < -0.4 is 23.0 Å². The predicted octanol–water partition coefficient (Wildman–Crippen LogP) is 1.33. The fourth-order valence-corrected chi connectivity index (χ4v) is 5.80. The van der Waals surface area contributed by atoms with E-state index in [2.05, 4.69) is 73.1 Å². The Kier molecular flexibility index (Phi) is 6.06. The second-order valence-electron chi connectivity index (χ2n) is 5.65. The van der Waals surface area contributed by atoms with Crippen molar-refractivity contribution in [3.05, 3.63) is 72.2 Å². The summed E-state index contributed by atoms with van der Waals surface area (Å²) in [6.45, 7) is 3.26. The van der Waals surface area contributed by atoms with Crippen LogP contribution in [0.4, 0.5) is 0 Å². The van der Waals surface area contributed by atoms with Gasteiger partial charge in [-0.25, -0.2) is 0 Å². The van der Waals surface area contributed by atoms with E-state index in [4.69, 9.17) is 4.74 Å². The third kappa shape index (κ3) is 3.72. The first-order valence-electron chi connectivity index (χ1n) is 7.61. The molecule has 3 rings (SSSR count). The second-order valence-corrected chi connectivity index (χ2v) is 9.09. The maximum atomic E-state index is 5.91. The highest BCUT2D eigenvalue weighted by atomic mass is 35.5. The molecule has 1 heterocycles. The van der Waals surface area contributed by atoms with Gasteiger partial charge in [-0.1, -0.05) is 36.4 Å². The summed E-state index contributed by atoms with van der Waals surface area (Å²) < 4.78 is 5.91. The summed E-state index contributed by atoms with van der Waals surface area (Å²) in [7, 11) is -1.53. The highest BCUT2D eigenvalue weighted by molar-refractivity contribution is 7.91. The molecule has 0 N–H and O–H groups in total. The largest absolute Gasteiger partial charge is 1.00 e. The Labute approximate surface area is 140 Å². The minimum absolute atomic E-state index is 0. The van der Waals surface area contributed by atoms with Gasteiger partial charge in [-0.05, 0) is 37.1 Å². The van der Waals surface area contributed by atoms with E-state index in [1.807, 2.05) is 0 Å². The first-order valence-corrected chi connectivity index (χ1v) is 9.91. The van der Waals surface area contributed by atoms with Crippen molar-refractivity contribution in [3.8, 4) is 0 Å². The molecule has 1 aliphatic rings. The Balaban J connectivity index is 0.00000176. The third-order valence-corrected chi connectivity index (χ3v) is 7.64. The van der Waals surface area contributed by atoms with Crippen LogP contribution in [0.5, 0.6) is 0 Å². The fourth-order valence-electron chi connectivity index (χ4n) is 2.84. The van der Waals surface area contributed by atoms with Crippen molar-refractivity contribution in [2.75, 3.05) is 13.3 Å². The van der Waals surface area contributed by atoms with Crippen molar-refractivity contribution in [2.24, 2.45) is 0 Å². The Bertz CT molecular complexity index is 562. The van der Waals surface area contributed by atoms with Gasteiger partial charge in [0.25, 0.3) is 0 Å². The van der Waals surface area contributed by atoms with Crippen molar-refractivity contribution < 1.29 is 17.1 Å². The van der Waals surface area contributed by atoms with Gasteiger partial charge in [-0.2, -0.15) is 0 Å². The zero-order chi connectivity index (χ0) is 14.5. The number of halogens is 1. The van der Waals surface area contributed by atoms with Crippen LogP contribution in [-0.2, 0) is 4.74 Å². The minimum Gasteiger partial charge on any atom is -1.00 e. The minimum atomic E-state index is -1.53. The fraction of sp³-hybridized carbons (Fsp3) is 0.263. The Morgan fingerprint density at radius 3 is 1.86 bits per heavy atom. The number of hydrogen-bond acceptors (Lipinski definition) is 1. The maximum Gasteiger partial charge on any atom is 0.131 e. The normalized spacial score (nSPS) is 16.7. The highest BCUT2D eigenvalue weighted by Gasteiger charge is 2.36. The lowest BCUT2D eigenvalue weighted by molar-refractivity contribution is -0.00000518. The molecule has 0 amide bonds. The summed E-state index contributed by atoms with van der Waals surface area (Å²) >= 11 is 0. The van der Waals surface area contributed by atoms with E-state index in [1.54, 1.807) is 0 Å². The zero-order valence-electron chi connectivity index (χ0n) is 12.9. The van der Waals surface area contributed by atoms with Crippen LogP contribution in [0.25, 0.3) is 0 Å². The molecular weight excluding hydrogens is 311 g/mol. The average Bonchev–Trinajstić information content (AvgIpc) is 2.57. The van der Waals surface area contributed by atoms with Crippen molar-refractivity contribution in [1.29, 1.82) is 0 Å². The molecule has 0 radical (unpaired) electrons. The standard InChI is InChI=1S/C19H22OP.ClH/c1-21(18-11-4-2-5-12-18,19-13-6-3-7-14-19)16-17-10-8-9-15-20-17;/h2-7,11-14,16H,8-10,15H2,1H3;1H/q+1;/p-1/b17-16-;. The molecule has 3 heteroatoms. The SMILES string of the molecule is C[P+](/C=C1/CCCCO1)(c1ccccc1)c1ccccc1.[Cl-]. The van der Waals surface area contributed by atoms with E-state index in [1.165, 1.54) is 29.2 Å². The summed E-state index contributed by atoms with van der Waals surface area (Å²) in [6.07, 6.45) is 3.51. The van der Waals surface area contributed by atoms with Crippen LogP contribution in [0, 0.1) is 0 Å². The topological polar surface area (TPSA) is 9.23 Å². The lowest BCUT2D eigenvalue weighted by Crippen LogP contribution is -3.00. The monoisotopic (exact) mass is 332 g/mol. The van der Waals surface area contributed by atoms with E-state index < -0.39 is 7.26 Å². The molecule has 0 spiro atoms. The van der Waals surface area contributed by atoms with Gasteiger partial charge < -0.3 is 17.1 Å². The first kappa shape index (κ1) is 17.1. The second kappa shape index (κ2) is 7.81. The predicted molar refractivity (Wildman–Crippen MR) is 92.9 cm³/mol. The average molecular weight is 333 g/mol. The molecule has 22 heavy (non-hydrogen) atoms. The van der Waals surface area contributed by atoms with Crippen molar-refractivity contribution in [1.82, 2.24) is 0 Å². The molecule has 1 fully saturated rings. The molecule has 0 unspecified atom stereocenters. The summed E-state index contributed by atoms with van der Waals surface area (Å²) in [5.74, 6) is 3.61. The van der Waals surface area contributed by atoms with E-state index >= 15 is 0 Å². The first-order chi connectivity index (χ1) is 10.3. The van der Waals surface area contributed by atoms with Gasteiger partial charge in [-0.15, -0.1) is 0 Å². The molecule has 0 aliphatic carbocycles. The van der Waals surface area contributed by atoms with Crippen LogP contribution in [0.1, 0.15) is 19.3 Å². The lowest BCUT2D eigenvalue weighted by atomic mass is 10.2. The molecule has 0 aromatic heterocycles. The quantitative estimate of drug-likeness (QED) is 0.771. The molecule has 2 aromatic carbocycles. The Morgan fingerprint density at radius 2 is 1.41 bits per heavy atom. The number of ether oxygens (including phenoxy) is 1. The number of hydrogen-bond donors (Lipinski definition) is 0. The van der Waals surface area contributed by atoms with Crippen molar-refractivity contribution in [2.45, 2.75) is 19.3 Å². The molecule has 1 aliphatic heterocycles.